The number of unbranched alkanes of at least 4 members (excludes halogenated alkanes) is 4. The summed E-state index contributed by atoms with van der Waals surface area (Å²) in [5.41, 5.74) is -0.0361. The van der Waals surface area contributed by atoms with E-state index in [2.05, 4.69) is 19.9 Å². The van der Waals surface area contributed by atoms with Crippen LogP contribution in [0.5, 0.6) is 0 Å². The van der Waals surface area contributed by atoms with Gasteiger partial charge < -0.3 is 4.74 Å². The third-order valence-corrected chi connectivity index (χ3v) is 9.53. The normalized spacial score (nSPS) is 35.0. The summed E-state index contributed by atoms with van der Waals surface area (Å²) in [4.78, 5) is 12.7. The SMILES string of the molecule is CCCCCCCC1(C#N)CCC(C2CCC(OC(=O)[C@H]3CC[C@H](CCC)CC3)CC2)CC1. The molecule has 3 aliphatic rings. The van der Waals surface area contributed by atoms with Crippen molar-refractivity contribution in [1.82, 2.24) is 0 Å². The molecule has 0 unspecified atom stereocenters. The molecule has 3 fully saturated rings. The molecule has 0 N–H and O–H groups in total. The van der Waals surface area contributed by atoms with Gasteiger partial charge in [0.05, 0.1) is 17.4 Å². The first-order valence-corrected chi connectivity index (χ1v) is 14.7. The van der Waals surface area contributed by atoms with Gasteiger partial charge in [-0.1, -0.05) is 58.8 Å². The van der Waals surface area contributed by atoms with E-state index in [1.807, 2.05) is 0 Å². The molecule has 0 aromatic rings. The van der Waals surface area contributed by atoms with Gasteiger partial charge in [0.1, 0.15) is 6.10 Å². The molecule has 3 heteroatoms. The lowest BCUT2D eigenvalue weighted by atomic mass is 9.64. The van der Waals surface area contributed by atoms with E-state index < -0.39 is 0 Å². The van der Waals surface area contributed by atoms with Gasteiger partial charge in [-0.3, -0.25) is 4.79 Å². The van der Waals surface area contributed by atoms with Crippen molar-refractivity contribution < 1.29 is 9.53 Å². The summed E-state index contributed by atoms with van der Waals surface area (Å²) in [6.45, 7) is 4.52. The minimum absolute atomic E-state index is 0.0361. The number of nitrogens with zero attached hydrogens (tertiary/aromatic N) is 1. The zero-order valence-corrected chi connectivity index (χ0v) is 21.8. The van der Waals surface area contributed by atoms with Crippen molar-refractivity contribution in [2.75, 3.05) is 0 Å². The van der Waals surface area contributed by atoms with Gasteiger partial charge in [-0.05, 0) is 101 Å². The van der Waals surface area contributed by atoms with Crippen LogP contribution in [-0.2, 0) is 9.53 Å². The molecule has 3 nitrogen and oxygen atoms in total. The van der Waals surface area contributed by atoms with Crippen LogP contribution < -0.4 is 0 Å². The van der Waals surface area contributed by atoms with Crippen LogP contribution in [-0.4, -0.2) is 12.1 Å². The number of hydrogen-bond donors (Lipinski definition) is 0. The van der Waals surface area contributed by atoms with Gasteiger partial charge in [-0.2, -0.15) is 5.26 Å². The van der Waals surface area contributed by atoms with E-state index in [-0.39, 0.29) is 23.4 Å². The van der Waals surface area contributed by atoms with Crippen molar-refractivity contribution >= 4 is 5.97 Å². The van der Waals surface area contributed by atoms with Gasteiger partial charge in [-0.15, -0.1) is 0 Å². The summed E-state index contributed by atoms with van der Waals surface area (Å²) in [5, 5.41) is 9.91. The number of nitriles is 1. The summed E-state index contributed by atoms with van der Waals surface area (Å²) in [5.74, 6) is 2.67. The molecule has 0 heterocycles. The maximum atomic E-state index is 12.7. The molecule has 33 heavy (non-hydrogen) atoms. The van der Waals surface area contributed by atoms with E-state index in [1.165, 1.54) is 83.5 Å². The van der Waals surface area contributed by atoms with Crippen LogP contribution in [0.4, 0.5) is 0 Å². The third-order valence-electron chi connectivity index (χ3n) is 9.53. The second-order valence-corrected chi connectivity index (χ2v) is 11.9. The van der Waals surface area contributed by atoms with E-state index >= 15 is 0 Å². The second kappa shape index (κ2) is 13.7. The second-order valence-electron chi connectivity index (χ2n) is 11.9. The third kappa shape index (κ3) is 8.00. The molecule has 3 aliphatic carbocycles. The van der Waals surface area contributed by atoms with Gasteiger partial charge in [0.15, 0.2) is 0 Å². The number of ether oxygens (including phenoxy) is 1. The standard InChI is InChI=1S/C30H51NO2/c1-3-5-6-7-8-20-30(23-31)21-18-26(19-22-30)25-14-16-28(17-15-25)33-29(32)27-12-10-24(9-4-2)11-13-27/h24-28H,3-22H2,1-2H3/t24-,25?,26?,27-,28?,30?. The number of rotatable bonds is 11. The molecule has 3 saturated carbocycles. The van der Waals surface area contributed by atoms with Crippen molar-refractivity contribution in [3.63, 3.8) is 0 Å². The monoisotopic (exact) mass is 457 g/mol. The minimum Gasteiger partial charge on any atom is -0.462 e. The van der Waals surface area contributed by atoms with Crippen LogP contribution in [0.2, 0.25) is 0 Å². The molecule has 0 amide bonds. The van der Waals surface area contributed by atoms with E-state index in [1.54, 1.807) is 0 Å². The Morgan fingerprint density at radius 2 is 1.45 bits per heavy atom. The van der Waals surface area contributed by atoms with Crippen LogP contribution in [0.3, 0.4) is 0 Å². The molecule has 0 spiro atoms. The quantitative estimate of drug-likeness (QED) is 0.230. The molecule has 0 aromatic carbocycles. The predicted molar refractivity (Wildman–Crippen MR) is 136 cm³/mol. The highest BCUT2D eigenvalue weighted by Crippen LogP contribution is 2.47. The van der Waals surface area contributed by atoms with Crippen molar-refractivity contribution in [3.05, 3.63) is 0 Å². The first-order chi connectivity index (χ1) is 16.1. The molecule has 0 atom stereocenters. The van der Waals surface area contributed by atoms with Crippen molar-refractivity contribution in [2.24, 2.45) is 29.1 Å². The summed E-state index contributed by atoms with van der Waals surface area (Å²) in [7, 11) is 0. The van der Waals surface area contributed by atoms with Gasteiger partial charge in [-0.25, -0.2) is 0 Å². The molecular weight excluding hydrogens is 406 g/mol. The molecular formula is C30H51NO2. The Balaban J connectivity index is 1.33. The first kappa shape index (κ1) is 26.6. The van der Waals surface area contributed by atoms with Crippen LogP contribution in [0.25, 0.3) is 0 Å². The minimum atomic E-state index is -0.0361. The fourth-order valence-corrected chi connectivity index (χ4v) is 7.18. The Morgan fingerprint density at radius 3 is 2.06 bits per heavy atom. The predicted octanol–water partition coefficient (Wildman–Crippen LogP) is 8.76. The average molecular weight is 458 g/mol. The van der Waals surface area contributed by atoms with Crippen LogP contribution >= 0.6 is 0 Å². The summed E-state index contributed by atoms with van der Waals surface area (Å²) < 4.78 is 6.00. The van der Waals surface area contributed by atoms with E-state index in [0.29, 0.717) is 0 Å². The fourth-order valence-electron chi connectivity index (χ4n) is 7.18. The van der Waals surface area contributed by atoms with Crippen molar-refractivity contribution in [3.8, 4) is 6.07 Å². The number of hydrogen-bond acceptors (Lipinski definition) is 3. The lowest BCUT2D eigenvalue weighted by molar-refractivity contribution is -0.157. The number of esters is 1. The Hall–Kier alpha value is -1.04. The lowest BCUT2D eigenvalue weighted by Crippen LogP contribution is -2.34. The molecule has 0 radical (unpaired) electrons. The Morgan fingerprint density at radius 1 is 0.818 bits per heavy atom. The molecule has 188 valence electrons. The Bertz CT molecular complexity index is 599. The Labute approximate surface area is 204 Å². The zero-order chi connectivity index (χ0) is 23.5. The molecule has 0 aromatic heterocycles. The smallest absolute Gasteiger partial charge is 0.309 e. The van der Waals surface area contributed by atoms with Crippen molar-refractivity contribution in [1.29, 1.82) is 5.26 Å². The zero-order valence-electron chi connectivity index (χ0n) is 21.8. The molecule has 0 aliphatic heterocycles. The highest BCUT2D eigenvalue weighted by atomic mass is 16.5. The van der Waals surface area contributed by atoms with Gasteiger partial charge in [0.25, 0.3) is 0 Å². The highest BCUT2D eigenvalue weighted by Gasteiger charge is 2.39. The molecule has 3 rings (SSSR count). The van der Waals surface area contributed by atoms with Gasteiger partial charge in [0, 0.05) is 0 Å². The average Bonchev–Trinajstić information content (AvgIpc) is 2.85. The largest absolute Gasteiger partial charge is 0.462 e. The number of carbonyl (C=O) groups is 1. The summed E-state index contributed by atoms with van der Waals surface area (Å²) >= 11 is 0. The van der Waals surface area contributed by atoms with Gasteiger partial charge in [0.2, 0.25) is 0 Å². The van der Waals surface area contributed by atoms with Crippen molar-refractivity contribution in [2.45, 2.75) is 148 Å². The summed E-state index contributed by atoms with van der Waals surface area (Å²) in [6.07, 6.45) is 24.1. The van der Waals surface area contributed by atoms with E-state index in [0.717, 1.165) is 62.7 Å². The van der Waals surface area contributed by atoms with Crippen LogP contribution in [0.1, 0.15) is 142 Å². The van der Waals surface area contributed by atoms with E-state index in [9.17, 15) is 10.1 Å². The highest BCUT2D eigenvalue weighted by molar-refractivity contribution is 5.72. The Kier molecular flexibility index (Phi) is 11.1. The topological polar surface area (TPSA) is 50.1 Å². The van der Waals surface area contributed by atoms with Crippen LogP contribution in [0, 0.1) is 40.4 Å². The first-order valence-electron chi connectivity index (χ1n) is 14.7. The maximum Gasteiger partial charge on any atom is 0.309 e. The lowest BCUT2D eigenvalue weighted by Gasteiger charge is -2.40. The van der Waals surface area contributed by atoms with Gasteiger partial charge >= 0.3 is 5.97 Å². The molecule has 0 saturated heterocycles. The summed E-state index contributed by atoms with van der Waals surface area (Å²) in [6, 6.07) is 2.74. The molecule has 0 bridgehead atoms. The van der Waals surface area contributed by atoms with Crippen LogP contribution in [0.15, 0.2) is 0 Å². The number of carbonyl (C=O) groups excluding carboxylic acids is 1. The fraction of sp³-hybridized carbons (Fsp3) is 0.933. The van der Waals surface area contributed by atoms with E-state index in [4.69, 9.17) is 4.74 Å². The maximum absolute atomic E-state index is 12.7.